The SMILES string of the molecule is CCOc1cccc2c1O[C@@H](c1ccc(OC)cc1)N1N=C(c3cccnc3)C[C@@H]21. The molecule has 0 unspecified atom stereocenters. The summed E-state index contributed by atoms with van der Waals surface area (Å²) >= 11 is 0. The van der Waals surface area contributed by atoms with Gasteiger partial charge in [-0.1, -0.05) is 18.2 Å². The molecular weight excluding hydrogens is 378 g/mol. The van der Waals surface area contributed by atoms with Crippen molar-refractivity contribution in [3.05, 3.63) is 83.7 Å². The van der Waals surface area contributed by atoms with Crippen LogP contribution in [0.25, 0.3) is 0 Å². The first-order valence-electron chi connectivity index (χ1n) is 10.1. The van der Waals surface area contributed by atoms with Crippen LogP contribution in [-0.4, -0.2) is 29.4 Å². The molecule has 0 fully saturated rings. The van der Waals surface area contributed by atoms with E-state index >= 15 is 0 Å². The molecule has 2 aliphatic heterocycles. The van der Waals surface area contributed by atoms with Crippen LogP contribution in [-0.2, 0) is 0 Å². The predicted octanol–water partition coefficient (Wildman–Crippen LogP) is 4.73. The molecule has 3 aromatic rings. The normalized spacial score (nSPS) is 19.4. The zero-order valence-electron chi connectivity index (χ0n) is 17.0. The average molecular weight is 401 g/mol. The molecule has 0 amide bonds. The van der Waals surface area contributed by atoms with Crippen LogP contribution >= 0.6 is 0 Å². The fourth-order valence-corrected chi connectivity index (χ4v) is 4.05. The Morgan fingerprint density at radius 3 is 2.70 bits per heavy atom. The van der Waals surface area contributed by atoms with E-state index in [1.807, 2.05) is 61.7 Å². The molecule has 2 aromatic carbocycles. The number of nitrogens with zero attached hydrogens (tertiary/aromatic N) is 3. The van der Waals surface area contributed by atoms with Crippen LogP contribution in [0.15, 0.2) is 72.1 Å². The molecule has 2 aliphatic rings. The van der Waals surface area contributed by atoms with E-state index < -0.39 is 0 Å². The van der Waals surface area contributed by atoms with Crippen LogP contribution in [0.2, 0.25) is 0 Å². The Bertz CT molecular complexity index is 1070. The van der Waals surface area contributed by atoms with Gasteiger partial charge in [-0.05, 0) is 43.3 Å². The van der Waals surface area contributed by atoms with Gasteiger partial charge < -0.3 is 14.2 Å². The van der Waals surface area contributed by atoms with Crippen LogP contribution in [0, 0.1) is 0 Å². The van der Waals surface area contributed by atoms with Crippen molar-refractivity contribution >= 4 is 5.71 Å². The lowest BCUT2D eigenvalue weighted by molar-refractivity contribution is -0.0212. The lowest BCUT2D eigenvalue weighted by Crippen LogP contribution is -2.33. The Balaban J connectivity index is 1.60. The molecule has 0 N–H and O–H groups in total. The quantitative estimate of drug-likeness (QED) is 0.619. The number of benzene rings is 2. The van der Waals surface area contributed by atoms with Gasteiger partial charge in [0, 0.05) is 35.5 Å². The summed E-state index contributed by atoms with van der Waals surface area (Å²) in [5.74, 6) is 2.37. The number of hydrazone groups is 1. The second-order valence-corrected chi connectivity index (χ2v) is 7.24. The van der Waals surface area contributed by atoms with Crippen molar-refractivity contribution in [3.8, 4) is 17.2 Å². The Morgan fingerprint density at radius 1 is 1.10 bits per heavy atom. The summed E-state index contributed by atoms with van der Waals surface area (Å²) in [5, 5.41) is 7.03. The zero-order valence-corrected chi connectivity index (χ0v) is 17.0. The van der Waals surface area contributed by atoms with E-state index in [0.29, 0.717) is 6.61 Å². The van der Waals surface area contributed by atoms with Crippen molar-refractivity contribution in [2.45, 2.75) is 25.6 Å². The van der Waals surface area contributed by atoms with Crippen LogP contribution < -0.4 is 14.2 Å². The van der Waals surface area contributed by atoms with Gasteiger partial charge in [-0.2, -0.15) is 5.10 Å². The highest BCUT2D eigenvalue weighted by Crippen LogP contribution is 2.50. The van der Waals surface area contributed by atoms with Crippen molar-refractivity contribution in [2.75, 3.05) is 13.7 Å². The first kappa shape index (κ1) is 18.5. The number of fused-ring (bicyclic) bond motifs is 3. The Morgan fingerprint density at radius 2 is 1.97 bits per heavy atom. The zero-order chi connectivity index (χ0) is 20.5. The fraction of sp³-hybridized carbons (Fsp3) is 0.250. The molecule has 0 saturated carbocycles. The molecule has 0 radical (unpaired) electrons. The third kappa shape index (κ3) is 3.14. The molecule has 0 spiro atoms. The maximum atomic E-state index is 6.51. The van der Waals surface area contributed by atoms with Crippen molar-refractivity contribution in [2.24, 2.45) is 5.10 Å². The highest BCUT2D eigenvalue weighted by molar-refractivity contribution is 6.01. The van der Waals surface area contributed by atoms with Crippen molar-refractivity contribution in [1.82, 2.24) is 9.99 Å². The van der Waals surface area contributed by atoms with Crippen molar-refractivity contribution in [1.29, 1.82) is 0 Å². The van der Waals surface area contributed by atoms with Gasteiger partial charge in [-0.25, -0.2) is 5.01 Å². The molecule has 152 valence electrons. The minimum atomic E-state index is -0.357. The number of rotatable bonds is 5. The van der Waals surface area contributed by atoms with E-state index in [2.05, 4.69) is 16.1 Å². The molecule has 0 bridgehead atoms. The average Bonchev–Trinajstić information content (AvgIpc) is 3.26. The maximum absolute atomic E-state index is 6.51. The second kappa shape index (κ2) is 7.71. The standard InChI is InChI=1S/C24H23N3O3/c1-3-29-22-8-4-7-19-21-14-20(17-6-5-13-25-15-17)26-27(21)24(30-23(19)22)16-9-11-18(28-2)12-10-16/h4-13,15,21,24H,3,14H2,1-2H3/t21-,24-/m0/s1. The van der Waals surface area contributed by atoms with E-state index in [1.54, 1.807) is 13.3 Å². The van der Waals surface area contributed by atoms with Gasteiger partial charge in [0.25, 0.3) is 0 Å². The summed E-state index contributed by atoms with van der Waals surface area (Å²) in [5.41, 5.74) is 4.13. The van der Waals surface area contributed by atoms with Crippen LogP contribution in [0.3, 0.4) is 0 Å². The van der Waals surface area contributed by atoms with Gasteiger partial charge in [-0.3, -0.25) is 4.98 Å². The maximum Gasteiger partial charge on any atom is 0.214 e. The topological polar surface area (TPSA) is 56.2 Å². The number of methoxy groups -OCH3 is 1. The molecule has 0 aliphatic carbocycles. The number of para-hydroxylation sites is 1. The summed E-state index contributed by atoms with van der Waals surface area (Å²) in [6.07, 6.45) is 4.06. The molecule has 6 nitrogen and oxygen atoms in total. The van der Waals surface area contributed by atoms with Crippen LogP contribution in [0.1, 0.15) is 42.3 Å². The number of hydrogen-bond donors (Lipinski definition) is 0. The summed E-state index contributed by atoms with van der Waals surface area (Å²) in [4.78, 5) is 4.26. The van der Waals surface area contributed by atoms with Gasteiger partial charge in [0.1, 0.15) is 5.75 Å². The van der Waals surface area contributed by atoms with Crippen LogP contribution in [0.4, 0.5) is 0 Å². The summed E-state index contributed by atoms with van der Waals surface area (Å²) in [6, 6.07) is 18.1. The number of ether oxygens (including phenoxy) is 3. The number of hydrogen-bond acceptors (Lipinski definition) is 6. The molecule has 5 rings (SSSR count). The van der Waals surface area contributed by atoms with Gasteiger partial charge >= 0.3 is 0 Å². The Kier molecular flexibility index (Phi) is 4.75. The minimum absolute atomic E-state index is 0.0662. The van der Waals surface area contributed by atoms with E-state index in [-0.39, 0.29) is 12.3 Å². The number of aromatic nitrogens is 1. The molecule has 3 heterocycles. The van der Waals surface area contributed by atoms with Crippen molar-refractivity contribution < 1.29 is 14.2 Å². The van der Waals surface area contributed by atoms with Gasteiger partial charge in [0.2, 0.25) is 6.23 Å². The van der Waals surface area contributed by atoms with Gasteiger partial charge in [-0.15, -0.1) is 0 Å². The summed E-state index contributed by atoms with van der Waals surface area (Å²) in [7, 11) is 1.66. The van der Waals surface area contributed by atoms with E-state index in [9.17, 15) is 0 Å². The molecular formula is C24H23N3O3. The third-order valence-corrected chi connectivity index (χ3v) is 5.48. The van der Waals surface area contributed by atoms with E-state index in [0.717, 1.165) is 46.1 Å². The molecule has 0 saturated heterocycles. The molecule has 6 heteroatoms. The predicted molar refractivity (Wildman–Crippen MR) is 114 cm³/mol. The second-order valence-electron chi connectivity index (χ2n) is 7.24. The number of pyridine rings is 1. The van der Waals surface area contributed by atoms with Crippen molar-refractivity contribution in [3.63, 3.8) is 0 Å². The van der Waals surface area contributed by atoms with E-state index in [1.165, 1.54) is 0 Å². The monoisotopic (exact) mass is 401 g/mol. The van der Waals surface area contributed by atoms with E-state index in [4.69, 9.17) is 19.3 Å². The van der Waals surface area contributed by atoms with Gasteiger partial charge in [0.05, 0.1) is 25.5 Å². The molecule has 30 heavy (non-hydrogen) atoms. The Hall–Kier alpha value is -3.54. The highest BCUT2D eigenvalue weighted by Gasteiger charge is 2.42. The summed E-state index contributed by atoms with van der Waals surface area (Å²) < 4.78 is 17.7. The smallest absolute Gasteiger partial charge is 0.214 e. The fourth-order valence-electron chi connectivity index (χ4n) is 4.05. The highest BCUT2D eigenvalue weighted by atomic mass is 16.5. The molecule has 2 atom stereocenters. The minimum Gasteiger partial charge on any atom is -0.497 e. The third-order valence-electron chi connectivity index (χ3n) is 5.48. The first-order chi connectivity index (χ1) is 14.8. The molecule has 1 aromatic heterocycles. The van der Waals surface area contributed by atoms with Gasteiger partial charge in [0.15, 0.2) is 11.5 Å². The van der Waals surface area contributed by atoms with Crippen LogP contribution in [0.5, 0.6) is 17.2 Å². The Labute approximate surface area is 175 Å². The lowest BCUT2D eigenvalue weighted by Gasteiger charge is -2.38. The lowest BCUT2D eigenvalue weighted by atomic mass is 9.96. The first-order valence-corrected chi connectivity index (χ1v) is 10.1. The largest absolute Gasteiger partial charge is 0.497 e. The summed E-state index contributed by atoms with van der Waals surface area (Å²) in [6.45, 7) is 2.56.